The summed E-state index contributed by atoms with van der Waals surface area (Å²) in [6.07, 6.45) is 3.93. The molecule has 5 nitrogen and oxygen atoms in total. The number of benzene rings is 2. The van der Waals surface area contributed by atoms with Crippen LogP contribution in [0.3, 0.4) is 0 Å². The summed E-state index contributed by atoms with van der Waals surface area (Å²) in [7, 11) is 3.27. The van der Waals surface area contributed by atoms with Crippen LogP contribution in [0.2, 0.25) is 0 Å². The molecule has 0 unspecified atom stereocenters. The molecule has 5 heteroatoms. The highest BCUT2D eigenvalue weighted by Crippen LogP contribution is 2.32. The second kappa shape index (κ2) is 7.74. The second-order valence-electron chi connectivity index (χ2n) is 6.61. The second-order valence-corrected chi connectivity index (χ2v) is 6.61. The van der Waals surface area contributed by atoms with Crippen molar-refractivity contribution in [2.45, 2.75) is 18.9 Å². The van der Waals surface area contributed by atoms with Gasteiger partial charge in [-0.3, -0.25) is 4.98 Å². The van der Waals surface area contributed by atoms with Crippen molar-refractivity contribution in [1.29, 1.82) is 0 Å². The zero-order valence-electron chi connectivity index (χ0n) is 15.6. The van der Waals surface area contributed by atoms with Gasteiger partial charge >= 0.3 is 0 Å². The summed E-state index contributed by atoms with van der Waals surface area (Å²) < 4.78 is 16.8. The zero-order valence-corrected chi connectivity index (χ0v) is 15.6. The van der Waals surface area contributed by atoms with Crippen molar-refractivity contribution < 1.29 is 14.2 Å². The number of pyridine rings is 1. The molecule has 2 aromatic carbocycles. The third-order valence-corrected chi connectivity index (χ3v) is 4.97. The third-order valence-electron chi connectivity index (χ3n) is 4.97. The van der Waals surface area contributed by atoms with Crippen LogP contribution in [-0.2, 0) is 0 Å². The Morgan fingerprint density at radius 3 is 2.59 bits per heavy atom. The summed E-state index contributed by atoms with van der Waals surface area (Å²) in [5.74, 6) is 2.22. The SMILES string of the molecule is COc1ccc(OC2CCN(c3ccc4ncc[c]c4c3)CC2)cc1OC. The Hall–Kier alpha value is -2.95. The maximum absolute atomic E-state index is 6.17. The van der Waals surface area contributed by atoms with Gasteiger partial charge in [-0.15, -0.1) is 0 Å². The molecule has 1 aromatic heterocycles. The minimum Gasteiger partial charge on any atom is -0.493 e. The topological polar surface area (TPSA) is 43.8 Å². The minimum absolute atomic E-state index is 0.202. The predicted molar refractivity (Wildman–Crippen MR) is 106 cm³/mol. The van der Waals surface area contributed by atoms with E-state index in [9.17, 15) is 0 Å². The lowest BCUT2D eigenvalue weighted by Crippen LogP contribution is -2.38. The van der Waals surface area contributed by atoms with Crippen molar-refractivity contribution in [2.24, 2.45) is 0 Å². The number of aromatic nitrogens is 1. The Morgan fingerprint density at radius 2 is 1.81 bits per heavy atom. The normalized spacial score (nSPS) is 15.0. The summed E-state index contributed by atoms with van der Waals surface area (Å²) >= 11 is 0. The molecule has 0 N–H and O–H groups in total. The van der Waals surface area contributed by atoms with Crippen molar-refractivity contribution in [1.82, 2.24) is 4.98 Å². The number of methoxy groups -OCH3 is 2. The smallest absolute Gasteiger partial charge is 0.164 e. The molecule has 2 heterocycles. The van der Waals surface area contributed by atoms with Gasteiger partial charge in [0.1, 0.15) is 11.9 Å². The Bertz CT molecular complexity index is 920. The molecule has 0 amide bonds. The molecule has 3 aromatic rings. The van der Waals surface area contributed by atoms with Crippen LogP contribution in [0.5, 0.6) is 17.2 Å². The van der Waals surface area contributed by atoms with Crippen molar-refractivity contribution in [3.8, 4) is 17.2 Å². The molecule has 0 bridgehead atoms. The molecule has 1 radical (unpaired) electrons. The Labute approximate surface area is 159 Å². The molecule has 1 saturated heterocycles. The van der Waals surface area contributed by atoms with Crippen molar-refractivity contribution in [2.75, 3.05) is 32.2 Å². The molecule has 1 fully saturated rings. The number of hydrogen-bond acceptors (Lipinski definition) is 5. The van der Waals surface area contributed by atoms with Crippen molar-refractivity contribution in [3.63, 3.8) is 0 Å². The van der Waals surface area contributed by atoms with Gasteiger partial charge in [-0.25, -0.2) is 0 Å². The summed E-state index contributed by atoms with van der Waals surface area (Å²) in [5.41, 5.74) is 2.20. The lowest BCUT2D eigenvalue weighted by molar-refractivity contribution is 0.170. The van der Waals surface area contributed by atoms with E-state index in [1.807, 2.05) is 24.3 Å². The fraction of sp³-hybridized carbons (Fsp3) is 0.318. The van der Waals surface area contributed by atoms with E-state index in [2.05, 4.69) is 34.1 Å². The van der Waals surface area contributed by atoms with E-state index in [0.29, 0.717) is 11.5 Å². The highest BCUT2D eigenvalue weighted by Gasteiger charge is 2.21. The van der Waals surface area contributed by atoms with Crippen LogP contribution in [0.25, 0.3) is 10.9 Å². The standard InChI is InChI=1S/C22H23N2O3/c1-25-21-8-6-19(15-22(21)26-2)27-18-9-12-24(13-10-18)17-5-7-20-16(14-17)4-3-11-23-20/h3,5-8,11,14-15,18H,9-10,12-13H2,1-2H3. The van der Waals surface area contributed by atoms with E-state index >= 15 is 0 Å². The van der Waals surface area contributed by atoms with E-state index in [0.717, 1.165) is 42.6 Å². The summed E-state index contributed by atoms with van der Waals surface area (Å²) in [6.45, 7) is 1.92. The Balaban J connectivity index is 1.39. The Morgan fingerprint density at radius 1 is 1.00 bits per heavy atom. The first kappa shape index (κ1) is 17.5. The molecule has 4 rings (SSSR count). The van der Waals surface area contributed by atoms with Gasteiger partial charge in [0.25, 0.3) is 0 Å². The fourth-order valence-corrected chi connectivity index (χ4v) is 3.51. The molecule has 0 aliphatic carbocycles. The van der Waals surface area contributed by atoms with Gasteiger partial charge in [0, 0.05) is 49.3 Å². The monoisotopic (exact) mass is 363 g/mol. The van der Waals surface area contributed by atoms with Gasteiger partial charge in [-0.05, 0) is 42.5 Å². The average molecular weight is 363 g/mol. The number of ether oxygens (including phenoxy) is 3. The lowest BCUT2D eigenvalue weighted by Gasteiger charge is -2.34. The first-order valence-electron chi connectivity index (χ1n) is 9.17. The first-order valence-corrected chi connectivity index (χ1v) is 9.17. The zero-order chi connectivity index (χ0) is 18.6. The average Bonchev–Trinajstić information content (AvgIpc) is 2.74. The Kier molecular flexibility index (Phi) is 5.01. The van der Waals surface area contributed by atoms with Crippen LogP contribution in [-0.4, -0.2) is 38.4 Å². The van der Waals surface area contributed by atoms with Crippen LogP contribution in [0.1, 0.15) is 12.8 Å². The maximum atomic E-state index is 6.17. The summed E-state index contributed by atoms with van der Waals surface area (Å²) in [5, 5.41) is 1.05. The van der Waals surface area contributed by atoms with E-state index in [1.54, 1.807) is 20.4 Å². The summed E-state index contributed by atoms with van der Waals surface area (Å²) in [6, 6.07) is 17.2. The first-order chi connectivity index (χ1) is 13.3. The third kappa shape index (κ3) is 3.77. The van der Waals surface area contributed by atoms with E-state index < -0.39 is 0 Å². The highest BCUT2D eigenvalue weighted by molar-refractivity contribution is 5.81. The number of nitrogens with zero attached hydrogens (tertiary/aromatic N) is 2. The quantitative estimate of drug-likeness (QED) is 0.683. The van der Waals surface area contributed by atoms with Crippen LogP contribution in [0, 0.1) is 6.07 Å². The lowest BCUT2D eigenvalue weighted by atomic mass is 10.1. The fourth-order valence-electron chi connectivity index (χ4n) is 3.51. The summed E-state index contributed by atoms with van der Waals surface area (Å²) in [4.78, 5) is 6.76. The van der Waals surface area contributed by atoms with Crippen molar-refractivity contribution >= 4 is 16.6 Å². The van der Waals surface area contributed by atoms with Gasteiger partial charge < -0.3 is 19.1 Å². The molecule has 0 atom stereocenters. The molecule has 0 spiro atoms. The van der Waals surface area contributed by atoms with Crippen LogP contribution >= 0.6 is 0 Å². The van der Waals surface area contributed by atoms with E-state index in [1.165, 1.54) is 5.69 Å². The predicted octanol–water partition coefficient (Wildman–Crippen LogP) is 4.10. The highest BCUT2D eigenvalue weighted by atomic mass is 16.5. The molecule has 1 aliphatic heterocycles. The van der Waals surface area contributed by atoms with Gasteiger partial charge in [0.15, 0.2) is 11.5 Å². The van der Waals surface area contributed by atoms with Gasteiger partial charge in [-0.1, -0.05) is 0 Å². The number of piperidine rings is 1. The maximum Gasteiger partial charge on any atom is 0.164 e. The van der Waals surface area contributed by atoms with Gasteiger partial charge in [-0.2, -0.15) is 0 Å². The molecule has 139 valence electrons. The number of hydrogen-bond donors (Lipinski definition) is 0. The molecular formula is C22H23N2O3. The number of fused-ring (bicyclic) bond motifs is 1. The largest absolute Gasteiger partial charge is 0.493 e. The van der Waals surface area contributed by atoms with Gasteiger partial charge in [0.2, 0.25) is 0 Å². The van der Waals surface area contributed by atoms with Crippen LogP contribution < -0.4 is 19.1 Å². The van der Waals surface area contributed by atoms with Crippen molar-refractivity contribution in [3.05, 3.63) is 54.7 Å². The molecule has 1 aliphatic rings. The van der Waals surface area contributed by atoms with Crippen LogP contribution in [0.4, 0.5) is 5.69 Å². The molecular weight excluding hydrogens is 340 g/mol. The number of anilines is 1. The molecule has 0 saturated carbocycles. The van der Waals surface area contributed by atoms with E-state index in [-0.39, 0.29) is 6.10 Å². The minimum atomic E-state index is 0.202. The van der Waals surface area contributed by atoms with E-state index in [4.69, 9.17) is 14.2 Å². The van der Waals surface area contributed by atoms with Gasteiger partial charge in [0.05, 0.1) is 19.7 Å². The number of rotatable bonds is 5. The van der Waals surface area contributed by atoms with Crippen LogP contribution in [0.15, 0.2) is 48.7 Å². The molecule has 27 heavy (non-hydrogen) atoms.